The average Bonchev–Trinajstić information content (AvgIpc) is 3.13. The van der Waals surface area contributed by atoms with Crippen LogP contribution in [0.15, 0.2) is 72.8 Å². The fourth-order valence-corrected chi connectivity index (χ4v) is 3.75. The molecule has 31 heavy (non-hydrogen) atoms. The summed E-state index contributed by atoms with van der Waals surface area (Å²) in [6.07, 6.45) is 0. The highest BCUT2D eigenvalue weighted by Gasteiger charge is 2.21. The van der Waals surface area contributed by atoms with E-state index >= 15 is 0 Å². The van der Waals surface area contributed by atoms with Crippen molar-refractivity contribution in [1.82, 2.24) is 14.9 Å². The van der Waals surface area contributed by atoms with Crippen LogP contribution in [0.5, 0.6) is 0 Å². The van der Waals surface area contributed by atoms with Crippen LogP contribution in [0, 0.1) is 0 Å². The van der Waals surface area contributed by atoms with Crippen molar-refractivity contribution in [2.45, 2.75) is 19.5 Å². The van der Waals surface area contributed by atoms with Crippen molar-refractivity contribution in [1.29, 1.82) is 0 Å². The maximum atomic E-state index is 12.9. The number of ketones is 1. The summed E-state index contributed by atoms with van der Waals surface area (Å²) in [5.41, 5.74) is 2.59. The number of imidazole rings is 1. The first kappa shape index (κ1) is 21.1. The lowest BCUT2D eigenvalue weighted by molar-refractivity contribution is 0.0937. The summed E-state index contributed by atoms with van der Waals surface area (Å²) < 4.78 is 1.84. The first-order chi connectivity index (χ1) is 14.9. The summed E-state index contributed by atoms with van der Waals surface area (Å²) in [7, 11) is 0. The fourth-order valence-electron chi connectivity index (χ4n) is 3.44. The first-order valence-electron chi connectivity index (χ1n) is 9.73. The zero-order valence-corrected chi connectivity index (χ0v) is 18.2. The molecular formula is C24H19Cl2N3O2. The number of hydrogen-bond acceptors (Lipinski definition) is 3. The Bertz CT molecular complexity index is 1270. The molecule has 1 heterocycles. The van der Waals surface area contributed by atoms with Crippen LogP contribution in [0.4, 0.5) is 0 Å². The number of nitrogens with one attached hydrogen (secondary N) is 1. The minimum absolute atomic E-state index is 0.0746. The van der Waals surface area contributed by atoms with E-state index in [0.29, 0.717) is 27.0 Å². The highest BCUT2D eigenvalue weighted by Crippen LogP contribution is 2.22. The smallest absolute Gasteiger partial charge is 0.251 e. The van der Waals surface area contributed by atoms with E-state index in [9.17, 15) is 9.59 Å². The van der Waals surface area contributed by atoms with Crippen molar-refractivity contribution in [3.05, 3.63) is 99.8 Å². The summed E-state index contributed by atoms with van der Waals surface area (Å²) in [5, 5.41) is 4.01. The molecule has 1 atom stereocenters. The van der Waals surface area contributed by atoms with Gasteiger partial charge in [-0.1, -0.05) is 41.4 Å². The Kier molecular flexibility index (Phi) is 6.07. The van der Waals surface area contributed by atoms with Crippen LogP contribution in [-0.4, -0.2) is 21.2 Å². The van der Waals surface area contributed by atoms with Crippen LogP contribution < -0.4 is 5.32 Å². The minimum atomic E-state index is -0.433. The molecule has 0 bridgehead atoms. The Balaban J connectivity index is 1.65. The second-order valence-corrected chi connectivity index (χ2v) is 8.05. The molecule has 0 spiro atoms. The molecule has 0 aliphatic carbocycles. The van der Waals surface area contributed by atoms with Gasteiger partial charge in [0.15, 0.2) is 5.78 Å². The summed E-state index contributed by atoms with van der Waals surface area (Å²) >= 11 is 11.9. The Morgan fingerprint density at radius 2 is 1.68 bits per heavy atom. The molecule has 0 saturated carbocycles. The highest BCUT2D eigenvalue weighted by atomic mass is 35.5. The van der Waals surface area contributed by atoms with E-state index in [4.69, 9.17) is 23.2 Å². The number of halogens is 2. The maximum Gasteiger partial charge on any atom is 0.251 e. The van der Waals surface area contributed by atoms with E-state index < -0.39 is 6.04 Å². The standard InChI is InChI=1S/C24H19Cl2N3O2/c1-15(27-24(31)17-5-4-6-19(26)13-17)23-28-20-7-2-3-8-21(20)29(23)14-22(30)16-9-11-18(25)12-10-16/h2-13,15H,14H2,1H3,(H,27,31). The van der Waals surface area contributed by atoms with Crippen molar-refractivity contribution in [3.8, 4) is 0 Å². The molecule has 4 rings (SSSR count). The van der Waals surface area contributed by atoms with Crippen LogP contribution in [0.2, 0.25) is 10.0 Å². The van der Waals surface area contributed by atoms with Crippen molar-refractivity contribution in [3.63, 3.8) is 0 Å². The van der Waals surface area contributed by atoms with Crippen LogP contribution in [0.25, 0.3) is 11.0 Å². The molecule has 4 aromatic rings. The quantitative estimate of drug-likeness (QED) is 0.381. The van der Waals surface area contributed by atoms with Gasteiger partial charge >= 0.3 is 0 Å². The van der Waals surface area contributed by atoms with Gasteiger partial charge in [0.25, 0.3) is 5.91 Å². The first-order valence-corrected chi connectivity index (χ1v) is 10.5. The van der Waals surface area contributed by atoms with E-state index in [1.807, 2.05) is 35.8 Å². The molecule has 0 radical (unpaired) electrons. The lowest BCUT2D eigenvalue weighted by atomic mass is 10.1. The van der Waals surface area contributed by atoms with Crippen molar-refractivity contribution < 1.29 is 9.59 Å². The molecule has 0 fully saturated rings. The van der Waals surface area contributed by atoms with E-state index in [0.717, 1.165) is 11.0 Å². The molecule has 7 heteroatoms. The molecule has 156 valence electrons. The number of aromatic nitrogens is 2. The largest absolute Gasteiger partial charge is 0.342 e. The molecule has 5 nitrogen and oxygen atoms in total. The zero-order chi connectivity index (χ0) is 22.0. The van der Waals surface area contributed by atoms with Crippen LogP contribution in [0.3, 0.4) is 0 Å². The summed E-state index contributed by atoms with van der Waals surface area (Å²) in [6, 6.07) is 20.7. The Morgan fingerprint density at radius 3 is 2.42 bits per heavy atom. The molecule has 1 aromatic heterocycles. The van der Waals surface area contributed by atoms with Gasteiger partial charge in [-0.15, -0.1) is 0 Å². The number of hydrogen-bond donors (Lipinski definition) is 1. The number of carbonyl (C=O) groups is 2. The minimum Gasteiger partial charge on any atom is -0.342 e. The second kappa shape index (κ2) is 8.92. The summed E-state index contributed by atoms with van der Waals surface area (Å²) in [5.74, 6) is 0.256. The van der Waals surface area contributed by atoms with Crippen molar-refractivity contribution >= 4 is 45.9 Å². The molecule has 0 aliphatic rings. The molecule has 0 saturated heterocycles. The van der Waals surface area contributed by atoms with E-state index in [1.165, 1.54) is 0 Å². The monoisotopic (exact) mass is 451 g/mol. The van der Waals surface area contributed by atoms with Gasteiger partial charge in [-0.05, 0) is 61.5 Å². The SMILES string of the molecule is CC(NC(=O)c1cccc(Cl)c1)c1nc2ccccc2n1CC(=O)c1ccc(Cl)cc1. The number of para-hydroxylation sites is 2. The van der Waals surface area contributed by atoms with Crippen molar-refractivity contribution in [2.24, 2.45) is 0 Å². The number of rotatable bonds is 6. The van der Waals surface area contributed by atoms with Crippen molar-refractivity contribution in [2.75, 3.05) is 0 Å². The third kappa shape index (κ3) is 4.63. The number of fused-ring (bicyclic) bond motifs is 1. The predicted octanol–water partition coefficient (Wildman–Crippen LogP) is 5.72. The van der Waals surface area contributed by atoms with Crippen LogP contribution >= 0.6 is 23.2 Å². The van der Waals surface area contributed by atoms with Gasteiger partial charge in [-0.3, -0.25) is 9.59 Å². The highest BCUT2D eigenvalue weighted by molar-refractivity contribution is 6.31. The Labute approximate surface area is 189 Å². The summed E-state index contributed by atoms with van der Waals surface area (Å²) in [4.78, 5) is 30.3. The number of nitrogens with zero attached hydrogens (tertiary/aromatic N) is 2. The van der Waals surface area contributed by atoms with Gasteiger partial charge < -0.3 is 9.88 Å². The van der Waals surface area contributed by atoms with Gasteiger partial charge in [-0.2, -0.15) is 0 Å². The second-order valence-electron chi connectivity index (χ2n) is 7.18. The number of amides is 1. The third-order valence-corrected chi connectivity index (χ3v) is 5.46. The molecule has 1 unspecified atom stereocenters. The molecule has 3 aromatic carbocycles. The summed E-state index contributed by atoms with van der Waals surface area (Å²) in [6.45, 7) is 1.93. The lowest BCUT2D eigenvalue weighted by Gasteiger charge is -2.16. The molecule has 1 N–H and O–H groups in total. The Hall–Kier alpha value is -3.15. The normalized spacial score (nSPS) is 12.0. The molecule has 0 aliphatic heterocycles. The van der Waals surface area contributed by atoms with Crippen LogP contribution in [-0.2, 0) is 6.54 Å². The fraction of sp³-hybridized carbons (Fsp3) is 0.125. The van der Waals surface area contributed by atoms with Gasteiger partial charge in [0, 0.05) is 21.2 Å². The number of benzene rings is 3. The lowest BCUT2D eigenvalue weighted by Crippen LogP contribution is -2.29. The predicted molar refractivity (Wildman–Crippen MR) is 123 cm³/mol. The van der Waals surface area contributed by atoms with Gasteiger partial charge in [0.05, 0.1) is 23.6 Å². The van der Waals surface area contributed by atoms with E-state index in [1.54, 1.807) is 48.5 Å². The zero-order valence-electron chi connectivity index (χ0n) is 16.7. The third-order valence-electron chi connectivity index (χ3n) is 4.97. The van der Waals surface area contributed by atoms with Gasteiger partial charge in [0.1, 0.15) is 5.82 Å². The van der Waals surface area contributed by atoms with Gasteiger partial charge in [-0.25, -0.2) is 4.98 Å². The topological polar surface area (TPSA) is 64.0 Å². The van der Waals surface area contributed by atoms with Crippen LogP contribution in [0.1, 0.15) is 39.5 Å². The Morgan fingerprint density at radius 1 is 0.935 bits per heavy atom. The van der Waals surface area contributed by atoms with E-state index in [-0.39, 0.29) is 18.2 Å². The number of Topliss-reactive ketones (excluding diaryl/α,β-unsaturated/α-hetero) is 1. The molecule has 1 amide bonds. The maximum absolute atomic E-state index is 12.9. The molecular weight excluding hydrogens is 433 g/mol. The number of carbonyl (C=O) groups excluding carboxylic acids is 2. The van der Waals surface area contributed by atoms with E-state index in [2.05, 4.69) is 10.3 Å². The average molecular weight is 452 g/mol. The van der Waals surface area contributed by atoms with Gasteiger partial charge in [0.2, 0.25) is 0 Å².